The minimum atomic E-state index is -1.60. The number of ketones is 1. The zero-order valence-electron chi connectivity index (χ0n) is 16.1. The van der Waals surface area contributed by atoms with Gasteiger partial charge in [-0.3, -0.25) is 4.79 Å². The Balaban J connectivity index is 1.99. The summed E-state index contributed by atoms with van der Waals surface area (Å²) in [7, 11) is 2.45. The first-order valence-corrected chi connectivity index (χ1v) is 9.27. The van der Waals surface area contributed by atoms with Gasteiger partial charge in [0.15, 0.2) is 11.4 Å². The van der Waals surface area contributed by atoms with E-state index in [-0.39, 0.29) is 23.4 Å². The molecule has 0 saturated carbocycles. The average molecular weight is 392 g/mol. The van der Waals surface area contributed by atoms with E-state index in [9.17, 15) is 14.4 Å². The second kappa shape index (κ2) is 6.97. The Labute approximate surface area is 168 Å². The Kier molecular flexibility index (Phi) is 4.59. The molecule has 0 unspecified atom stereocenters. The van der Waals surface area contributed by atoms with Crippen LogP contribution in [0.4, 0.5) is 0 Å². The third kappa shape index (κ3) is 2.63. The van der Waals surface area contributed by atoms with Gasteiger partial charge in [0.25, 0.3) is 0 Å². The molecule has 0 spiro atoms. The van der Waals surface area contributed by atoms with Gasteiger partial charge in [-0.1, -0.05) is 60.7 Å². The number of carbonyl (C=O) groups is 3. The number of rotatable bonds is 5. The van der Waals surface area contributed by atoms with Crippen molar-refractivity contribution in [2.45, 2.75) is 24.0 Å². The first kappa shape index (κ1) is 19.1. The number of ether oxygens (including phenoxy) is 3. The minimum Gasteiger partial charge on any atom is -0.466 e. The fourth-order valence-corrected chi connectivity index (χ4v) is 4.40. The van der Waals surface area contributed by atoms with Gasteiger partial charge in [-0.2, -0.15) is 0 Å². The summed E-state index contributed by atoms with van der Waals surface area (Å²) in [6, 6.07) is 17.7. The van der Waals surface area contributed by atoms with Crippen molar-refractivity contribution in [3.63, 3.8) is 0 Å². The fourth-order valence-electron chi connectivity index (χ4n) is 4.40. The number of Topliss-reactive ketones (excluding diaryl/α,β-unsaturated/α-hetero) is 1. The molecule has 0 aromatic heterocycles. The van der Waals surface area contributed by atoms with Gasteiger partial charge < -0.3 is 14.2 Å². The average Bonchev–Trinajstić information content (AvgIpc) is 3.33. The molecular formula is C23H20O6. The number of esters is 2. The molecule has 2 aliphatic heterocycles. The lowest BCUT2D eigenvalue weighted by Gasteiger charge is -2.27. The Bertz CT molecular complexity index is 1010. The van der Waals surface area contributed by atoms with Crippen LogP contribution < -0.4 is 0 Å². The van der Waals surface area contributed by atoms with Crippen molar-refractivity contribution in [3.8, 4) is 0 Å². The molecule has 0 amide bonds. The summed E-state index contributed by atoms with van der Waals surface area (Å²) in [6.07, 6.45) is 0.612. The quantitative estimate of drug-likeness (QED) is 0.575. The first-order chi connectivity index (χ1) is 14.0. The van der Waals surface area contributed by atoms with Gasteiger partial charge in [-0.05, 0) is 18.4 Å². The second-order valence-corrected chi connectivity index (χ2v) is 7.05. The summed E-state index contributed by atoms with van der Waals surface area (Å²) in [4.78, 5) is 39.2. The van der Waals surface area contributed by atoms with Gasteiger partial charge in [0.2, 0.25) is 0 Å². The number of hydrogen-bond acceptors (Lipinski definition) is 6. The van der Waals surface area contributed by atoms with Gasteiger partial charge in [0.1, 0.15) is 5.60 Å². The normalized spacial score (nSPS) is 25.0. The SMILES string of the molecule is COC(=O)C1=C(C(=O)OC)[C@@]2(c3ccccc3)CC[C@]1(C(=O)c1ccccc1)O2. The van der Waals surface area contributed by atoms with Gasteiger partial charge >= 0.3 is 11.9 Å². The van der Waals surface area contributed by atoms with Gasteiger partial charge in [-0.15, -0.1) is 0 Å². The van der Waals surface area contributed by atoms with Crippen LogP contribution in [0.2, 0.25) is 0 Å². The molecule has 6 nitrogen and oxygen atoms in total. The number of benzene rings is 2. The summed E-state index contributed by atoms with van der Waals surface area (Å²) in [5, 5.41) is 0. The predicted molar refractivity (Wildman–Crippen MR) is 103 cm³/mol. The highest BCUT2D eigenvalue weighted by atomic mass is 16.6. The zero-order chi connectivity index (χ0) is 20.6. The van der Waals surface area contributed by atoms with Crippen LogP contribution >= 0.6 is 0 Å². The van der Waals surface area contributed by atoms with E-state index in [1.165, 1.54) is 14.2 Å². The second-order valence-electron chi connectivity index (χ2n) is 7.05. The van der Waals surface area contributed by atoms with Crippen LogP contribution in [0.5, 0.6) is 0 Å². The van der Waals surface area contributed by atoms with Crippen molar-refractivity contribution >= 4 is 17.7 Å². The molecule has 2 atom stereocenters. The van der Waals surface area contributed by atoms with Crippen LogP contribution in [0.15, 0.2) is 71.8 Å². The number of methoxy groups -OCH3 is 2. The summed E-state index contributed by atoms with van der Waals surface area (Å²) < 4.78 is 16.4. The Morgan fingerprint density at radius 2 is 1.34 bits per heavy atom. The Morgan fingerprint density at radius 1 is 0.793 bits per heavy atom. The smallest absolute Gasteiger partial charge is 0.337 e. The Hall–Kier alpha value is -3.25. The molecule has 0 N–H and O–H groups in total. The molecule has 2 aromatic carbocycles. The molecule has 0 radical (unpaired) electrons. The molecule has 6 heteroatoms. The van der Waals surface area contributed by atoms with E-state index < -0.39 is 23.1 Å². The van der Waals surface area contributed by atoms with Crippen LogP contribution in [0.3, 0.4) is 0 Å². The highest BCUT2D eigenvalue weighted by Gasteiger charge is 2.68. The monoisotopic (exact) mass is 392 g/mol. The van der Waals surface area contributed by atoms with Gasteiger partial charge in [0, 0.05) is 5.56 Å². The third-order valence-electron chi connectivity index (χ3n) is 5.66. The molecule has 29 heavy (non-hydrogen) atoms. The van der Waals surface area contributed by atoms with Crippen LogP contribution in [0, 0.1) is 0 Å². The number of carbonyl (C=O) groups excluding carboxylic acids is 3. The van der Waals surface area contributed by atoms with E-state index in [0.29, 0.717) is 17.5 Å². The van der Waals surface area contributed by atoms with Crippen molar-refractivity contribution in [1.82, 2.24) is 0 Å². The molecule has 2 heterocycles. The largest absolute Gasteiger partial charge is 0.466 e. The van der Waals surface area contributed by atoms with E-state index >= 15 is 0 Å². The van der Waals surface area contributed by atoms with Crippen molar-refractivity contribution in [2.24, 2.45) is 0 Å². The maximum atomic E-state index is 13.6. The molecular weight excluding hydrogens is 372 g/mol. The molecule has 2 bridgehead atoms. The van der Waals surface area contributed by atoms with Crippen LogP contribution in [-0.2, 0) is 29.4 Å². The van der Waals surface area contributed by atoms with E-state index in [2.05, 4.69) is 0 Å². The van der Waals surface area contributed by atoms with E-state index in [1.807, 2.05) is 30.3 Å². The maximum absolute atomic E-state index is 13.6. The zero-order valence-corrected chi connectivity index (χ0v) is 16.1. The summed E-state index contributed by atoms with van der Waals surface area (Å²) in [6.45, 7) is 0. The van der Waals surface area contributed by atoms with Crippen molar-refractivity contribution in [3.05, 3.63) is 82.9 Å². The molecule has 1 saturated heterocycles. The molecule has 0 aliphatic carbocycles. The lowest BCUT2D eigenvalue weighted by molar-refractivity contribution is -0.140. The summed E-state index contributed by atoms with van der Waals surface area (Å²) in [5.41, 5.74) is -1.81. The maximum Gasteiger partial charge on any atom is 0.337 e. The number of fused-ring (bicyclic) bond motifs is 2. The molecule has 148 valence electrons. The summed E-state index contributed by atoms with van der Waals surface area (Å²) >= 11 is 0. The lowest BCUT2D eigenvalue weighted by Crippen LogP contribution is -2.42. The lowest BCUT2D eigenvalue weighted by atomic mass is 9.71. The van der Waals surface area contributed by atoms with Crippen LogP contribution in [0.25, 0.3) is 0 Å². The van der Waals surface area contributed by atoms with E-state index in [4.69, 9.17) is 14.2 Å². The van der Waals surface area contributed by atoms with Crippen molar-refractivity contribution in [2.75, 3.05) is 14.2 Å². The van der Waals surface area contributed by atoms with Gasteiger partial charge in [-0.25, -0.2) is 9.59 Å². The van der Waals surface area contributed by atoms with Crippen LogP contribution in [-0.4, -0.2) is 37.5 Å². The van der Waals surface area contributed by atoms with Gasteiger partial charge in [0.05, 0.1) is 25.4 Å². The molecule has 1 fully saturated rings. The summed E-state index contributed by atoms with van der Waals surface area (Å²) in [5.74, 6) is -1.86. The van der Waals surface area contributed by atoms with Crippen molar-refractivity contribution in [1.29, 1.82) is 0 Å². The highest BCUT2D eigenvalue weighted by molar-refractivity contribution is 6.16. The topological polar surface area (TPSA) is 78.9 Å². The first-order valence-electron chi connectivity index (χ1n) is 9.27. The Morgan fingerprint density at radius 3 is 1.93 bits per heavy atom. The predicted octanol–water partition coefficient (Wildman–Crippen LogP) is 2.97. The molecule has 2 aromatic rings. The highest BCUT2D eigenvalue weighted by Crippen LogP contribution is 2.60. The van der Waals surface area contributed by atoms with E-state index in [0.717, 1.165) is 0 Å². The third-order valence-corrected chi connectivity index (χ3v) is 5.66. The van der Waals surface area contributed by atoms with Crippen molar-refractivity contribution < 1.29 is 28.6 Å². The standard InChI is InChI=1S/C23H20O6/c1-27-20(25)17-18(21(26)28-2)23(19(24)15-9-5-3-6-10-15)14-13-22(17,29-23)16-11-7-4-8-12-16/h3-12H,13-14H2,1-2H3/t22-,23-/m0/s1. The van der Waals surface area contributed by atoms with Crippen LogP contribution in [0.1, 0.15) is 28.8 Å². The number of hydrogen-bond donors (Lipinski definition) is 0. The minimum absolute atomic E-state index is 0.0357. The molecule has 2 aliphatic rings. The van der Waals surface area contributed by atoms with E-state index in [1.54, 1.807) is 30.3 Å². The molecule has 4 rings (SSSR count). The fraction of sp³-hybridized carbons (Fsp3) is 0.261.